The lowest BCUT2D eigenvalue weighted by molar-refractivity contribution is -0.0120. The number of fused-ring (bicyclic) bond motifs is 1. The van der Waals surface area contributed by atoms with Crippen molar-refractivity contribution in [2.24, 2.45) is 23.7 Å². The second kappa shape index (κ2) is 4.54. The average Bonchev–Trinajstić information content (AvgIpc) is 2.94. The van der Waals surface area contributed by atoms with Crippen molar-refractivity contribution in [2.45, 2.75) is 38.1 Å². The molecule has 0 saturated heterocycles. The molecule has 4 aliphatic carbocycles. The van der Waals surface area contributed by atoms with Gasteiger partial charge < -0.3 is 5.32 Å². The van der Waals surface area contributed by atoms with Gasteiger partial charge in [0, 0.05) is 24.5 Å². The van der Waals surface area contributed by atoms with Crippen LogP contribution in [0, 0.1) is 23.7 Å². The smallest absolute Gasteiger partial charge is 0.272 e. The molecular weight excluding hydrogens is 276 g/mol. The molecule has 1 N–H and O–H groups in total. The first-order valence-electron chi connectivity index (χ1n) is 8.37. The van der Waals surface area contributed by atoms with Gasteiger partial charge in [0.05, 0.1) is 0 Å². The SMILES string of the molecule is O=C(NC1C2CC3CC(C2)CC1C3)c1cc2ncccn2n1. The zero-order chi connectivity index (χ0) is 14.7. The monoisotopic (exact) mass is 296 g/mol. The minimum Gasteiger partial charge on any atom is -0.347 e. The molecule has 22 heavy (non-hydrogen) atoms. The van der Waals surface area contributed by atoms with Crippen molar-refractivity contribution >= 4 is 11.6 Å². The van der Waals surface area contributed by atoms with Crippen LogP contribution in [0.15, 0.2) is 24.5 Å². The molecule has 2 aromatic heterocycles. The molecule has 6 rings (SSSR count). The third-order valence-electron chi connectivity index (χ3n) is 5.99. The van der Waals surface area contributed by atoms with Crippen LogP contribution in [0.4, 0.5) is 0 Å². The summed E-state index contributed by atoms with van der Waals surface area (Å²) in [6.45, 7) is 0. The van der Waals surface area contributed by atoms with Gasteiger partial charge in [0.1, 0.15) is 0 Å². The van der Waals surface area contributed by atoms with Gasteiger partial charge >= 0.3 is 0 Å². The third-order valence-corrected chi connectivity index (χ3v) is 5.99. The molecule has 4 fully saturated rings. The maximum atomic E-state index is 12.6. The second-order valence-corrected chi connectivity index (χ2v) is 7.38. The van der Waals surface area contributed by atoms with Gasteiger partial charge in [-0.15, -0.1) is 0 Å². The van der Waals surface area contributed by atoms with Crippen LogP contribution in [0.5, 0.6) is 0 Å². The number of rotatable bonds is 2. The highest BCUT2D eigenvalue weighted by atomic mass is 16.2. The van der Waals surface area contributed by atoms with Gasteiger partial charge in [0.2, 0.25) is 0 Å². The molecule has 4 aliphatic rings. The number of carbonyl (C=O) groups excluding carboxylic acids is 1. The number of hydrogen-bond donors (Lipinski definition) is 1. The Balaban J connectivity index is 1.38. The summed E-state index contributed by atoms with van der Waals surface area (Å²) in [6, 6.07) is 3.95. The molecule has 5 nitrogen and oxygen atoms in total. The van der Waals surface area contributed by atoms with E-state index >= 15 is 0 Å². The van der Waals surface area contributed by atoms with Crippen molar-refractivity contribution in [3.8, 4) is 0 Å². The Kier molecular flexibility index (Phi) is 2.60. The molecule has 114 valence electrons. The first-order chi connectivity index (χ1) is 10.8. The lowest BCUT2D eigenvalue weighted by Gasteiger charge is -2.54. The van der Waals surface area contributed by atoms with Gasteiger partial charge in [-0.25, -0.2) is 9.50 Å². The van der Waals surface area contributed by atoms with E-state index in [1.807, 2.05) is 12.3 Å². The number of hydrogen-bond acceptors (Lipinski definition) is 3. The standard InChI is InChI=1S/C17H20N4O/c22-17(14-9-15-18-2-1-3-21(15)20-14)19-16-12-5-10-4-11(7-12)8-13(16)6-10/h1-3,9-13,16H,4-8H2,(H,19,22). The third kappa shape index (κ3) is 1.87. The molecule has 0 spiro atoms. The number of nitrogens with one attached hydrogen (secondary N) is 1. The summed E-state index contributed by atoms with van der Waals surface area (Å²) in [5, 5.41) is 7.63. The van der Waals surface area contributed by atoms with Crippen LogP contribution >= 0.6 is 0 Å². The average molecular weight is 296 g/mol. The highest BCUT2D eigenvalue weighted by Gasteiger charge is 2.48. The summed E-state index contributed by atoms with van der Waals surface area (Å²) in [5.41, 5.74) is 1.20. The van der Waals surface area contributed by atoms with Gasteiger partial charge in [0.25, 0.3) is 5.91 Å². The van der Waals surface area contributed by atoms with Crippen LogP contribution in [-0.4, -0.2) is 26.5 Å². The van der Waals surface area contributed by atoms with Gasteiger partial charge in [0.15, 0.2) is 11.3 Å². The Morgan fingerprint density at radius 2 is 1.86 bits per heavy atom. The lowest BCUT2D eigenvalue weighted by Crippen LogP contribution is -2.55. The lowest BCUT2D eigenvalue weighted by atomic mass is 9.54. The van der Waals surface area contributed by atoms with E-state index in [1.54, 1.807) is 16.8 Å². The highest BCUT2D eigenvalue weighted by Crippen LogP contribution is 2.53. The molecule has 0 unspecified atom stereocenters. The van der Waals surface area contributed by atoms with Gasteiger partial charge in [-0.1, -0.05) is 0 Å². The van der Waals surface area contributed by atoms with Gasteiger partial charge in [-0.2, -0.15) is 5.10 Å². The molecule has 5 heteroatoms. The van der Waals surface area contributed by atoms with E-state index in [9.17, 15) is 4.79 Å². The van der Waals surface area contributed by atoms with E-state index in [-0.39, 0.29) is 5.91 Å². The second-order valence-electron chi connectivity index (χ2n) is 7.38. The fourth-order valence-electron chi connectivity index (χ4n) is 5.33. The molecular formula is C17H20N4O. The summed E-state index contributed by atoms with van der Waals surface area (Å²) in [6.07, 6.45) is 10.2. The molecule has 0 aliphatic heterocycles. The van der Waals surface area contributed by atoms with Crippen LogP contribution < -0.4 is 5.32 Å². The number of amides is 1. The van der Waals surface area contributed by atoms with E-state index in [0.717, 1.165) is 17.5 Å². The molecule has 0 aromatic carbocycles. The van der Waals surface area contributed by atoms with E-state index < -0.39 is 0 Å². The van der Waals surface area contributed by atoms with Crippen LogP contribution in [-0.2, 0) is 0 Å². The fourth-order valence-corrected chi connectivity index (χ4v) is 5.33. The largest absolute Gasteiger partial charge is 0.347 e. The Morgan fingerprint density at radius 1 is 1.14 bits per heavy atom. The Bertz CT molecular complexity index is 676. The number of aromatic nitrogens is 3. The van der Waals surface area contributed by atoms with Crippen molar-refractivity contribution < 1.29 is 4.79 Å². The maximum absolute atomic E-state index is 12.6. The summed E-state index contributed by atoms with van der Waals surface area (Å²) < 4.78 is 1.66. The van der Waals surface area contributed by atoms with Crippen LogP contribution in [0.2, 0.25) is 0 Å². The van der Waals surface area contributed by atoms with Crippen molar-refractivity contribution in [2.75, 3.05) is 0 Å². The molecule has 4 saturated carbocycles. The van der Waals surface area contributed by atoms with E-state index in [4.69, 9.17) is 0 Å². The summed E-state index contributed by atoms with van der Waals surface area (Å²) in [5.74, 6) is 3.19. The molecule has 2 heterocycles. The van der Waals surface area contributed by atoms with E-state index in [0.29, 0.717) is 23.6 Å². The van der Waals surface area contributed by atoms with Crippen LogP contribution in [0.1, 0.15) is 42.6 Å². The minimum absolute atomic E-state index is 0.0389. The van der Waals surface area contributed by atoms with Gasteiger partial charge in [-0.3, -0.25) is 4.79 Å². The summed E-state index contributed by atoms with van der Waals surface area (Å²) in [4.78, 5) is 16.8. The molecule has 0 atom stereocenters. The van der Waals surface area contributed by atoms with Crippen molar-refractivity contribution in [1.82, 2.24) is 19.9 Å². The summed E-state index contributed by atoms with van der Waals surface area (Å²) >= 11 is 0. The van der Waals surface area contributed by atoms with Crippen LogP contribution in [0.25, 0.3) is 5.65 Å². The molecule has 0 radical (unpaired) electrons. The zero-order valence-electron chi connectivity index (χ0n) is 12.5. The fraction of sp³-hybridized carbons (Fsp3) is 0.588. The first kappa shape index (κ1) is 12.6. The summed E-state index contributed by atoms with van der Waals surface area (Å²) in [7, 11) is 0. The quantitative estimate of drug-likeness (QED) is 0.925. The van der Waals surface area contributed by atoms with E-state index in [1.165, 1.54) is 32.1 Å². The van der Waals surface area contributed by atoms with Crippen molar-refractivity contribution in [3.05, 3.63) is 30.2 Å². The normalized spacial score (nSPS) is 35.9. The first-order valence-corrected chi connectivity index (χ1v) is 8.37. The van der Waals surface area contributed by atoms with Crippen molar-refractivity contribution in [3.63, 3.8) is 0 Å². The molecule has 1 amide bonds. The number of nitrogens with zero attached hydrogens (tertiary/aromatic N) is 3. The van der Waals surface area contributed by atoms with E-state index in [2.05, 4.69) is 15.4 Å². The Hall–Kier alpha value is -1.91. The molecule has 2 aromatic rings. The predicted molar refractivity (Wildman–Crippen MR) is 81.3 cm³/mol. The topological polar surface area (TPSA) is 59.3 Å². The molecule has 4 bridgehead atoms. The highest BCUT2D eigenvalue weighted by molar-refractivity contribution is 5.93. The Morgan fingerprint density at radius 3 is 2.55 bits per heavy atom. The predicted octanol–water partition coefficient (Wildman–Crippen LogP) is 2.28. The maximum Gasteiger partial charge on any atom is 0.272 e. The van der Waals surface area contributed by atoms with Gasteiger partial charge in [-0.05, 0) is 61.8 Å². The zero-order valence-corrected chi connectivity index (χ0v) is 12.5. The van der Waals surface area contributed by atoms with Crippen LogP contribution in [0.3, 0.4) is 0 Å². The van der Waals surface area contributed by atoms with Crippen molar-refractivity contribution in [1.29, 1.82) is 0 Å². The number of carbonyl (C=O) groups is 1. The minimum atomic E-state index is -0.0389. The Labute approximate surface area is 129 Å².